The molecule has 5 heteroatoms. The van der Waals surface area contributed by atoms with Gasteiger partial charge in [0.05, 0.1) is 11.0 Å². The Balaban J connectivity index is 1.29. The summed E-state index contributed by atoms with van der Waals surface area (Å²) < 4.78 is 0. The van der Waals surface area contributed by atoms with E-state index in [9.17, 15) is 0 Å². The molecule has 5 nitrogen and oxygen atoms in total. The minimum atomic E-state index is 0.891. The third-order valence-corrected chi connectivity index (χ3v) is 4.95. The van der Waals surface area contributed by atoms with E-state index in [1.54, 1.807) is 0 Å². The molecule has 0 bridgehead atoms. The van der Waals surface area contributed by atoms with Crippen molar-refractivity contribution in [1.82, 2.24) is 20.2 Å². The average Bonchev–Trinajstić information content (AvgIpc) is 3.10. The van der Waals surface area contributed by atoms with Crippen molar-refractivity contribution in [1.29, 1.82) is 0 Å². The molecule has 0 radical (unpaired) electrons. The van der Waals surface area contributed by atoms with E-state index in [-0.39, 0.29) is 0 Å². The molecule has 3 aromatic rings. The topological polar surface area (TPSA) is 56.3 Å². The number of H-pyrrole nitrogens is 1. The highest BCUT2D eigenvalue weighted by Gasteiger charge is 2.18. The molecule has 26 heavy (non-hydrogen) atoms. The van der Waals surface area contributed by atoms with Crippen LogP contribution in [0.1, 0.15) is 23.4 Å². The summed E-state index contributed by atoms with van der Waals surface area (Å²) in [6.07, 6.45) is 3.03. The Bertz CT molecular complexity index is 878. The van der Waals surface area contributed by atoms with E-state index < -0.39 is 0 Å². The summed E-state index contributed by atoms with van der Waals surface area (Å²) in [7, 11) is 1.86. The fraction of sp³-hybridized carbons (Fsp3) is 0.333. The van der Waals surface area contributed by atoms with Crippen LogP contribution in [0.25, 0.3) is 11.0 Å². The Morgan fingerprint density at radius 1 is 1.15 bits per heavy atom. The molecule has 2 aromatic carbocycles. The van der Waals surface area contributed by atoms with Crippen LogP contribution in [0.15, 0.2) is 53.5 Å². The second-order valence-electron chi connectivity index (χ2n) is 6.72. The van der Waals surface area contributed by atoms with Gasteiger partial charge in [0.15, 0.2) is 5.96 Å². The van der Waals surface area contributed by atoms with Gasteiger partial charge in [0.25, 0.3) is 0 Å². The van der Waals surface area contributed by atoms with Gasteiger partial charge in [0, 0.05) is 33.1 Å². The molecule has 0 amide bonds. The van der Waals surface area contributed by atoms with E-state index in [1.807, 2.05) is 25.2 Å². The Hall–Kier alpha value is -2.82. The molecular formula is C21H25N5. The maximum atomic E-state index is 4.64. The quantitative estimate of drug-likeness (QED) is 0.433. The first-order valence-corrected chi connectivity index (χ1v) is 9.29. The largest absolute Gasteiger partial charge is 0.356 e. The number of benzene rings is 2. The number of hydrogen-bond donors (Lipinski definition) is 2. The van der Waals surface area contributed by atoms with Crippen molar-refractivity contribution in [2.24, 2.45) is 4.99 Å². The number of nitrogens with zero attached hydrogens (tertiary/aromatic N) is 3. The van der Waals surface area contributed by atoms with E-state index in [1.165, 1.54) is 11.1 Å². The van der Waals surface area contributed by atoms with Gasteiger partial charge >= 0.3 is 0 Å². The highest BCUT2D eigenvalue weighted by atomic mass is 15.3. The lowest BCUT2D eigenvalue weighted by Crippen LogP contribution is -2.44. The molecule has 0 saturated heterocycles. The number of nitrogens with one attached hydrogen (secondary N) is 2. The molecule has 0 atom stereocenters. The molecular weight excluding hydrogens is 322 g/mol. The van der Waals surface area contributed by atoms with Crippen molar-refractivity contribution in [3.05, 3.63) is 65.5 Å². The van der Waals surface area contributed by atoms with Crippen molar-refractivity contribution in [2.75, 3.05) is 20.1 Å². The smallest absolute Gasteiger partial charge is 0.193 e. The molecule has 4 rings (SSSR count). The Morgan fingerprint density at radius 3 is 2.81 bits per heavy atom. The van der Waals surface area contributed by atoms with E-state index in [0.717, 1.165) is 61.7 Å². The van der Waals surface area contributed by atoms with E-state index in [2.05, 4.69) is 55.5 Å². The molecule has 1 aliphatic rings. The summed E-state index contributed by atoms with van der Waals surface area (Å²) in [6.45, 7) is 2.83. The van der Waals surface area contributed by atoms with Gasteiger partial charge in [-0.15, -0.1) is 0 Å². The number of para-hydroxylation sites is 2. The van der Waals surface area contributed by atoms with Crippen LogP contribution in [0.4, 0.5) is 0 Å². The first kappa shape index (κ1) is 16.6. The van der Waals surface area contributed by atoms with Crippen molar-refractivity contribution < 1.29 is 0 Å². The minimum absolute atomic E-state index is 0.891. The molecule has 2 heterocycles. The van der Waals surface area contributed by atoms with Gasteiger partial charge in [-0.1, -0.05) is 36.4 Å². The summed E-state index contributed by atoms with van der Waals surface area (Å²) >= 11 is 0. The van der Waals surface area contributed by atoms with Gasteiger partial charge in [-0.25, -0.2) is 4.98 Å². The molecule has 0 fully saturated rings. The van der Waals surface area contributed by atoms with E-state index >= 15 is 0 Å². The van der Waals surface area contributed by atoms with Crippen LogP contribution in [0.5, 0.6) is 0 Å². The molecule has 0 saturated carbocycles. The van der Waals surface area contributed by atoms with Crippen LogP contribution in [0, 0.1) is 0 Å². The van der Waals surface area contributed by atoms with E-state index in [0.29, 0.717) is 0 Å². The molecule has 0 spiro atoms. The number of aliphatic imine (C=N–C) groups is 1. The second kappa shape index (κ2) is 7.60. The predicted molar refractivity (Wildman–Crippen MR) is 106 cm³/mol. The highest BCUT2D eigenvalue weighted by molar-refractivity contribution is 5.80. The number of aromatic nitrogens is 2. The van der Waals surface area contributed by atoms with Crippen LogP contribution in [-0.2, 0) is 19.4 Å². The third-order valence-electron chi connectivity index (χ3n) is 4.95. The number of guanidine groups is 1. The summed E-state index contributed by atoms with van der Waals surface area (Å²) in [5.41, 5.74) is 5.02. The summed E-state index contributed by atoms with van der Waals surface area (Å²) in [5.74, 6) is 2.04. The molecule has 0 aliphatic carbocycles. The Kier molecular flexibility index (Phi) is 4.86. The summed E-state index contributed by atoms with van der Waals surface area (Å²) in [5, 5.41) is 3.51. The Morgan fingerprint density at radius 2 is 1.96 bits per heavy atom. The van der Waals surface area contributed by atoms with Gasteiger partial charge in [-0.05, 0) is 36.1 Å². The molecule has 1 aromatic heterocycles. The van der Waals surface area contributed by atoms with Crippen molar-refractivity contribution in [2.45, 2.75) is 25.8 Å². The number of rotatable bonds is 4. The van der Waals surface area contributed by atoms with Crippen LogP contribution >= 0.6 is 0 Å². The summed E-state index contributed by atoms with van der Waals surface area (Å²) in [4.78, 5) is 14.8. The van der Waals surface area contributed by atoms with Crippen LogP contribution in [0.3, 0.4) is 0 Å². The predicted octanol–water partition coefficient (Wildman–Crippen LogP) is 3.13. The standard InChI is InChI=1S/C21H25N5/c1-22-21(26-14-12-16-7-2-3-8-17(16)15-26)23-13-6-11-20-24-18-9-4-5-10-19(18)25-20/h2-5,7-10H,6,11-15H2,1H3,(H,22,23)(H,24,25). The highest BCUT2D eigenvalue weighted by Crippen LogP contribution is 2.18. The lowest BCUT2D eigenvalue weighted by molar-refractivity contribution is 0.378. The van der Waals surface area contributed by atoms with Crippen molar-refractivity contribution in [3.63, 3.8) is 0 Å². The fourth-order valence-corrected chi connectivity index (χ4v) is 3.59. The first-order chi connectivity index (χ1) is 12.8. The van der Waals surface area contributed by atoms with Gasteiger partial charge in [-0.3, -0.25) is 4.99 Å². The van der Waals surface area contributed by atoms with Gasteiger partial charge in [0.1, 0.15) is 5.82 Å². The lowest BCUT2D eigenvalue weighted by atomic mass is 10.0. The first-order valence-electron chi connectivity index (χ1n) is 9.29. The monoisotopic (exact) mass is 347 g/mol. The number of aryl methyl sites for hydroxylation is 1. The van der Waals surface area contributed by atoms with Crippen LogP contribution < -0.4 is 5.32 Å². The number of aromatic amines is 1. The maximum Gasteiger partial charge on any atom is 0.193 e. The third kappa shape index (κ3) is 3.57. The molecule has 2 N–H and O–H groups in total. The van der Waals surface area contributed by atoms with Crippen LogP contribution in [-0.4, -0.2) is 41.0 Å². The fourth-order valence-electron chi connectivity index (χ4n) is 3.59. The number of hydrogen-bond acceptors (Lipinski definition) is 2. The molecule has 0 unspecified atom stereocenters. The normalized spacial score (nSPS) is 14.5. The maximum absolute atomic E-state index is 4.64. The zero-order valence-corrected chi connectivity index (χ0v) is 15.2. The zero-order valence-electron chi connectivity index (χ0n) is 15.2. The number of fused-ring (bicyclic) bond motifs is 2. The van der Waals surface area contributed by atoms with Gasteiger partial charge < -0.3 is 15.2 Å². The van der Waals surface area contributed by atoms with Gasteiger partial charge in [0.2, 0.25) is 0 Å². The zero-order chi connectivity index (χ0) is 17.8. The summed E-state index contributed by atoms with van der Waals surface area (Å²) in [6, 6.07) is 16.9. The second-order valence-corrected chi connectivity index (χ2v) is 6.72. The van der Waals surface area contributed by atoms with Crippen LogP contribution in [0.2, 0.25) is 0 Å². The van der Waals surface area contributed by atoms with Crippen molar-refractivity contribution >= 4 is 17.0 Å². The Labute approximate surface area is 154 Å². The SMILES string of the molecule is CN=C(NCCCc1nc2ccccc2[nH]1)N1CCc2ccccc2C1. The molecule has 134 valence electrons. The van der Waals surface area contributed by atoms with Crippen molar-refractivity contribution in [3.8, 4) is 0 Å². The van der Waals surface area contributed by atoms with E-state index in [4.69, 9.17) is 0 Å². The van der Waals surface area contributed by atoms with Gasteiger partial charge in [-0.2, -0.15) is 0 Å². The lowest BCUT2D eigenvalue weighted by Gasteiger charge is -2.31. The number of imidazole rings is 1. The minimum Gasteiger partial charge on any atom is -0.356 e. The average molecular weight is 347 g/mol. The molecule has 1 aliphatic heterocycles.